The first-order chi connectivity index (χ1) is 6.49. The molecule has 0 spiro atoms. The third kappa shape index (κ3) is 1.78. The maximum absolute atomic E-state index is 9.79. The van der Waals surface area contributed by atoms with E-state index in [9.17, 15) is 5.11 Å². The number of nitrogens with two attached hydrogens (primary N) is 1. The van der Waals surface area contributed by atoms with Crippen molar-refractivity contribution in [2.75, 3.05) is 6.61 Å². The predicted octanol–water partition coefficient (Wildman–Crippen LogP) is -0.613. The Balaban J connectivity index is 2.08. The van der Waals surface area contributed by atoms with Crippen LogP contribution in [0.3, 0.4) is 0 Å². The third-order valence-electron chi connectivity index (χ3n) is 2.52. The lowest BCUT2D eigenvalue weighted by molar-refractivity contribution is -0.331. The van der Waals surface area contributed by atoms with Gasteiger partial charge < -0.3 is 25.1 Å². The van der Waals surface area contributed by atoms with Gasteiger partial charge in [-0.1, -0.05) is 0 Å². The van der Waals surface area contributed by atoms with Crippen LogP contribution >= 0.6 is 0 Å². The summed E-state index contributed by atoms with van der Waals surface area (Å²) < 4.78 is 16.3. The van der Waals surface area contributed by atoms with Gasteiger partial charge >= 0.3 is 0 Å². The SMILES string of the molecule is CC1(C)OC[C@H]2O[CH][C@H](N)[C@@H](O)[C@@H]2O1. The molecule has 4 atom stereocenters. The molecule has 3 N–H and O–H groups in total. The number of ether oxygens (including phenoxy) is 3. The minimum Gasteiger partial charge on any atom is -0.389 e. The second kappa shape index (κ2) is 3.43. The zero-order valence-corrected chi connectivity index (χ0v) is 8.34. The smallest absolute Gasteiger partial charge is 0.163 e. The highest BCUT2D eigenvalue weighted by molar-refractivity contribution is 4.97. The van der Waals surface area contributed by atoms with E-state index < -0.39 is 24.0 Å². The van der Waals surface area contributed by atoms with Crippen molar-refractivity contribution in [3.63, 3.8) is 0 Å². The molecule has 1 radical (unpaired) electrons. The van der Waals surface area contributed by atoms with Crippen LogP contribution in [-0.2, 0) is 14.2 Å². The van der Waals surface area contributed by atoms with Crippen molar-refractivity contribution in [2.45, 2.75) is 44.0 Å². The Hall–Kier alpha value is -0.200. The maximum Gasteiger partial charge on any atom is 0.163 e. The molecule has 2 heterocycles. The zero-order valence-electron chi connectivity index (χ0n) is 8.34. The van der Waals surface area contributed by atoms with E-state index in [0.29, 0.717) is 6.61 Å². The molecular formula is C9H16NO4. The molecule has 81 valence electrons. The monoisotopic (exact) mass is 202 g/mol. The Bertz CT molecular complexity index is 219. The van der Waals surface area contributed by atoms with Crippen LogP contribution in [0.2, 0.25) is 0 Å². The normalized spacial score (nSPS) is 47.1. The summed E-state index contributed by atoms with van der Waals surface area (Å²) in [7, 11) is 0. The van der Waals surface area contributed by atoms with Gasteiger partial charge in [-0.15, -0.1) is 0 Å². The van der Waals surface area contributed by atoms with E-state index in [1.54, 1.807) is 13.8 Å². The van der Waals surface area contributed by atoms with Crippen LogP contribution < -0.4 is 5.73 Å². The van der Waals surface area contributed by atoms with E-state index in [4.69, 9.17) is 19.9 Å². The van der Waals surface area contributed by atoms with Gasteiger partial charge in [0.1, 0.15) is 24.9 Å². The number of fused-ring (bicyclic) bond motifs is 1. The third-order valence-corrected chi connectivity index (χ3v) is 2.52. The average Bonchev–Trinajstić information content (AvgIpc) is 2.11. The highest BCUT2D eigenvalue weighted by Gasteiger charge is 2.46. The van der Waals surface area contributed by atoms with Crippen molar-refractivity contribution >= 4 is 0 Å². The molecule has 14 heavy (non-hydrogen) atoms. The van der Waals surface area contributed by atoms with Crippen LogP contribution in [0.15, 0.2) is 0 Å². The molecule has 0 saturated carbocycles. The van der Waals surface area contributed by atoms with E-state index >= 15 is 0 Å². The molecule has 0 aromatic rings. The summed E-state index contributed by atoms with van der Waals surface area (Å²) in [6.07, 6.45) is -1.38. The number of hydrogen-bond acceptors (Lipinski definition) is 5. The van der Waals surface area contributed by atoms with Gasteiger partial charge in [-0.2, -0.15) is 0 Å². The van der Waals surface area contributed by atoms with Gasteiger partial charge in [0, 0.05) is 0 Å². The lowest BCUT2D eigenvalue weighted by Crippen LogP contribution is -2.62. The molecular weight excluding hydrogens is 186 g/mol. The molecule has 2 saturated heterocycles. The van der Waals surface area contributed by atoms with Crippen molar-refractivity contribution in [1.82, 2.24) is 0 Å². The summed E-state index contributed by atoms with van der Waals surface area (Å²) in [5.74, 6) is -0.678. The highest BCUT2D eigenvalue weighted by atomic mass is 16.7. The van der Waals surface area contributed by atoms with E-state index in [1.165, 1.54) is 6.61 Å². The fourth-order valence-electron chi connectivity index (χ4n) is 1.71. The molecule has 2 aliphatic rings. The molecule has 0 aromatic heterocycles. The Labute approximate surface area is 83.1 Å². The molecule has 0 bridgehead atoms. The van der Waals surface area contributed by atoms with Gasteiger partial charge in [0.25, 0.3) is 0 Å². The number of aliphatic hydroxyl groups excluding tert-OH is 1. The highest BCUT2D eigenvalue weighted by Crippen LogP contribution is 2.30. The number of aliphatic hydroxyl groups is 1. The van der Waals surface area contributed by atoms with E-state index in [-0.39, 0.29) is 6.10 Å². The summed E-state index contributed by atoms with van der Waals surface area (Å²) in [5, 5.41) is 9.79. The summed E-state index contributed by atoms with van der Waals surface area (Å²) >= 11 is 0. The molecule has 0 aliphatic carbocycles. The van der Waals surface area contributed by atoms with Gasteiger partial charge in [0.15, 0.2) is 5.79 Å². The lowest BCUT2D eigenvalue weighted by Gasteiger charge is -2.46. The minimum atomic E-state index is -0.725. The molecule has 2 aliphatic heterocycles. The van der Waals surface area contributed by atoms with Gasteiger partial charge in [0.2, 0.25) is 0 Å². The first-order valence-electron chi connectivity index (χ1n) is 4.74. The Morgan fingerprint density at radius 2 is 2.21 bits per heavy atom. The first kappa shape index (κ1) is 10.3. The van der Waals surface area contributed by atoms with Gasteiger partial charge in [0.05, 0.1) is 12.6 Å². The molecule has 5 heteroatoms. The van der Waals surface area contributed by atoms with Crippen molar-refractivity contribution in [3.8, 4) is 0 Å². The second-order valence-corrected chi connectivity index (χ2v) is 4.17. The lowest BCUT2D eigenvalue weighted by atomic mass is 9.97. The Morgan fingerprint density at radius 1 is 1.50 bits per heavy atom. The van der Waals surface area contributed by atoms with Gasteiger partial charge in [-0.05, 0) is 13.8 Å². The molecule has 2 fully saturated rings. The first-order valence-corrected chi connectivity index (χ1v) is 4.74. The maximum atomic E-state index is 9.79. The quantitative estimate of drug-likeness (QED) is 0.548. The standard InChI is InChI=1S/C9H16NO4/c1-9(2)13-4-6-8(14-9)7(11)5(10)3-12-6/h3,5-8,11H,4,10H2,1-2H3/t5-,6+,7+,8+/m0/s1. The van der Waals surface area contributed by atoms with Crippen molar-refractivity contribution < 1.29 is 19.3 Å². The summed E-state index contributed by atoms with van der Waals surface area (Å²) in [5.41, 5.74) is 5.62. The number of rotatable bonds is 0. The van der Waals surface area contributed by atoms with E-state index in [1.807, 2.05) is 0 Å². The Morgan fingerprint density at radius 3 is 2.93 bits per heavy atom. The van der Waals surface area contributed by atoms with Crippen LogP contribution in [0.4, 0.5) is 0 Å². The van der Waals surface area contributed by atoms with Crippen LogP contribution in [0.5, 0.6) is 0 Å². The Kier molecular flexibility index (Phi) is 2.53. The predicted molar refractivity (Wildman–Crippen MR) is 48.1 cm³/mol. The van der Waals surface area contributed by atoms with Crippen molar-refractivity contribution in [3.05, 3.63) is 6.61 Å². The van der Waals surface area contributed by atoms with Crippen molar-refractivity contribution in [2.24, 2.45) is 5.73 Å². The van der Waals surface area contributed by atoms with Crippen LogP contribution in [0.1, 0.15) is 13.8 Å². The van der Waals surface area contributed by atoms with E-state index in [2.05, 4.69) is 0 Å². The van der Waals surface area contributed by atoms with Gasteiger partial charge in [-0.3, -0.25) is 0 Å². The van der Waals surface area contributed by atoms with Crippen LogP contribution in [0.25, 0.3) is 0 Å². The zero-order chi connectivity index (χ0) is 10.3. The van der Waals surface area contributed by atoms with E-state index in [0.717, 1.165) is 0 Å². The molecule has 5 nitrogen and oxygen atoms in total. The average molecular weight is 202 g/mol. The summed E-state index contributed by atoms with van der Waals surface area (Å²) in [4.78, 5) is 0. The fraction of sp³-hybridized carbons (Fsp3) is 0.889. The fourth-order valence-corrected chi connectivity index (χ4v) is 1.71. The molecule has 2 rings (SSSR count). The minimum absolute atomic E-state index is 0.252. The van der Waals surface area contributed by atoms with Crippen LogP contribution in [0, 0.1) is 6.61 Å². The number of hydrogen-bond donors (Lipinski definition) is 2. The van der Waals surface area contributed by atoms with Crippen molar-refractivity contribution in [1.29, 1.82) is 0 Å². The molecule has 0 aromatic carbocycles. The summed E-state index contributed by atoms with van der Waals surface area (Å²) in [6.45, 7) is 5.47. The van der Waals surface area contributed by atoms with Gasteiger partial charge in [-0.25, -0.2) is 0 Å². The van der Waals surface area contributed by atoms with Crippen LogP contribution in [-0.4, -0.2) is 41.9 Å². The molecule has 0 unspecified atom stereocenters. The topological polar surface area (TPSA) is 73.9 Å². The largest absolute Gasteiger partial charge is 0.389 e. The molecule has 0 amide bonds. The summed E-state index contributed by atoms with van der Waals surface area (Å²) in [6, 6.07) is -0.495. The second-order valence-electron chi connectivity index (χ2n) is 4.17.